The van der Waals surface area contributed by atoms with Crippen molar-refractivity contribution in [3.8, 4) is 11.1 Å². The van der Waals surface area contributed by atoms with E-state index in [1.807, 2.05) is 38.1 Å². The zero-order valence-electron chi connectivity index (χ0n) is 20.2. The first-order valence-electron chi connectivity index (χ1n) is 12.3. The van der Waals surface area contributed by atoms with Gasteiger partial charge in [0.2, 0.25) is 0 Å². The minimum Gasteiger partial charge on any atom is -0.572 e. The Labute approximate surface area is 207 Å². The van der Waals surface area contributed by atoms with Crippen LogP contribution >= 0.6 is 0 Å². The molecule has 0 fully saturated rings. The second-order valence-electron chi connectivity index (χ2n) is 9.24. The zero-order valence-corrected chi connectivity index (χ0v) is 20.2. The van der Waals surface area contributed by atoms with E-state index in [4.69, 9.17) is 18.0 Å². The maximum atomic E-state index is 14.0. The number of benzene rings is 2. The minimum absolute atomic E-state index is 0.101. The minimum atomic E-state index is -4.41. The normalized spacial score (nSPS) is 19.5. The number of hydrogen-bond acceptors (Lipinski definition) is 2. The van der Waals surface area contributed by atoms with E-state index in [1.165, 1.54) is 12.2 Å². The monoisotopic (exact) mass is 500 g/mol. The number of hydrogen-bond donors (Lipinski definition) is 0. The first kappa shape index (κ1) is 24.4. The predicted octanol–water partition coefficient (Wildman–Crippen LogP) is 7.07. The highest BCUT2D eigenvalue weighted by atomic mass is 19.3. The number of ketones is 2. The van der Waals surface area contributed by atoms with E-state index in [1.54, 1.807) is 12.1 Å². The molecule has 0 aromatic heterocycles. The molecule has 5 rings (SSSR count). The van der Waals surface area contributed by atoms with E-state index in [0.717, 1.165) is 22.3 Å². The summed E-state index contributed by atoms with van der Waals surface area (Å²) in [5.41, 5.74) is 5.10. The molecule has 0 spiro atoms. The molecule has 0 unspecified atom stereocenters. The predicted molar refractivity (Wildman–Crippen MR) is 132 cm³/mol. The molecule has 0 amide bonds. The molecule has 3 aliphatic rings. The Morgan fingerprint density at radius 3 is 1.50 bits per heavy atom. The lowest BCUT2D eigenvalue weighted by Gasteiger charge is -2.23. The van der Waals surface area contributed by atoms with Crippen LogP contribution in [0, 0.1) is 0 Å². The van der Waals surface area contributed by atoms with Gasteiger partial charge in [0.25, 0.3) is 11.6 Å². The number of fused-ring (bicyclic) bond motifs is 3. The molecule has 0 radical (unpaired) electrons. The third kappa shape index (κ3) is 4.99. The van der Waals surface area contributed by atoms with Crippen LogP contribution in [0.25, 0.3) is 11.1 Å². The van der Waals surface area contributed by atoms with Gasteiger partial charge in [0.15, 0.2) is 0 Å². The first-order chi connectivity index (χ1) is 17.2. The van der Waals surface area contributed by atoms with Crippen molar-refractivity contribution >= 4 is 25.8 Å². The second kappa shape index (κ2) is 9.30. The van der Waals surface area contributed by atoms with Crippen molar-refractivity contribution in [2.24, 2.45) is 0 Å². The SMILES string of the molecule is CCCC1=CC(c2ccc3c(c2)CCc2cc(C4=[O+][B-](F)(F)OC(CCC)=C4)ccc2-3)=[O+][B-](F)(F)O1. The topological polar surface area (TPSA) is 41.1 Å². The maximum Gasteiger partial charge on any atom is 0.994 e. The highest BCUT2D eigenvalue weighted by molar-refractivity contribution is 6.51. The lowest BCUT2D eigenvalue weighted by atomic mass is 9.83. The van der Waals surface area contributed by atoms with Gasteiger partial charge in [0.1, 0.15) is 0 Å². The van der Waals surface area contributed by atoms with E-state index in [2.05, 4.69) is 0 Å². The molecule has 188 valence electrons. The molecule has 0 N–H and O–H groups in total. The van der Waals surface area contributed by atoms with Crippen molar-refractivity contribution in [1.29, 1.82) is 0 Å². The molecule has 2 aromatic carbocycles. The molecule has 0 atom stereocenters. The fraction of sp³-hybridized carbons (Fsp3) is 0.308. The summed E-state index contributed by atoms with van der Waals surface area (Å²) < 4.78 is 75.3. The summed E-state index contributed by atoms with van der Waals surface area (Å²) in [5, 5.41) is 0. The molecule has 36 heavy (non-hydrogen) atoms. The third-order valence-corrected chi connectivity index (χ3v) is 6.42. The van der Waals surface area contributed by atoms with Gasteiger partial charge in [0, 0.05) is 12.8 Å². The third-order valence-electron chi connectivity index (χ3n) is 6.42. The molecular weight excluding hydrogens is 474 g/mol. The standard InChI is InChI=1S/C26H26B2F4O4/c1-3-5-21-15-25(35-27(29,30)33-21)19-9-11-23-17(13-19)7-8-18-14-20(10-12-24(18)23)26-16-22(6-4-2)34-28(31,32)36-26/h9-16H,3-8H2,1-2H3. The molecule has 0 saturated carbocycles. The number of allylic oxidation sites excluding steroid dienone is 4. The quantitative estimate of drug-likeness (QED) is 0.242. The average molecular weight is 500 g/mol. The molecule has 2 heterocycles. The van der Waals surface area contributed by atoms with Crippen LogP contribution in [0.4, 0.5) is 17.3 Å². The highest BCUT2D eigenvalue weighted by Crippen LogP contribution is 2.36. The van der Waals surface area contributed by atoms with Crippen LogP contribution < -0.4 is 0 Å². The van der Waals surface area contributed by atoms with Crippen LogP contribution in [0.15, 0.2) is 60.1 Å². The summed E-state index contributed by atoms with van der Waals surface area (Å²) in [6.45, 7) is 3.79. The van der Waals surface area contributed by atoms with Crippen LogP contribution in [-0.2, 0) is 22.2 Å². The van der Waals surface area contributed by atoms with Gasteiger partial charge in [-0.25, -0.2) is 0 Å². The average Bonchev–Trinajstić information content (AvgIpc) is 2.81. The van der Waals surface area contributed by atoms with Crippen molar-refractivity contribution in [3.05, 3.63) is 82.3 Å². The van der Waals surface area contributed by atoms with E-state index in [9.17, 15) is 17.3 Å². The van der Waals surface area contributed by atoms with Crippen molar-refractivity contribution in [1.82, 2.24) is 0 Å². The molecular formula is C26H26B2F4O4. The number of carbonyl (C=O) groups excluding carboxylic acids is 2. The molecule has 2 aromatic rings. The molecule has 2 aliphatic heterocycles. The molecule has 0 bridgehead atoms. The van der Waals surface area contributed by atoms with Crippen LogP contribution in [0.5, 0.6) is 0 Å². The molecule has 0 saturated heterocycles. The summed E-state index contributed by atoms with van der Waals surface area (Å²) in [6.07, 6.45) is 6.59. The Kier molecular flexibility index (Phi) is 6.30. The number of aryl methyl sites for hydroxylation is 2. The van der Waals surface area contributed by atoms with Crippen LogP contribution in [0.2, 0.25) is 0 Å². The van der Waals surface area contributed by atoms with E-state index < -0.39 is 14.2 Å². The van der Waals surface area contributed by atoms with Gasteiger partial charge in [-0.3, -0.25) is 0 Å². The molecule has 1 aliphatic carbocycles. The summed E-state index contributed by atoms with van der Waals surface area (Å²) in [7, 11) is -8.81. The Hall–Kier alpha value is -3.29. The molecule has 4 nitrogen and oxygen atoms in total. The summed E-state index contributed by atoms with van der Waals surface area (Å²) in [4.78, 5) is 0. The largest absolute Gasteiger partial charge is 0.994 e. The van der Waals surface area contributed by atoms with Crippen molar-refractivity contribution in [3.63, 3.8) is 0 Å². The van der Waals surface area contributed by atoms with Crippen LogP contribution in [-0.4, -0.2) is 25.8 Å². The van der Waals surface area contributed by atoms with Gasteiger partial charge in [0.05, 0.1) is 34.8 Å². The Morgan fingerprint density at radius 1 is 0.694 bits per heavy atom. The lowest BCUT2D eigenvalue weighted by molar-refractivity contribution is -0.191. The zero-order chi connectivity index (χ0) is 25.5. The van der Waals surface area contributed by atoms with Gasteiger partial charge in [-0.05, 0) is 72.2 Å². The van der Waals surface area contributed by atoms with Crippen molar-refractivity contribution in [2.75, 3.05) is 0 Å². The van der Waals surface area contributed by atoms with Gasteiger partial charge in [-0.15, -0.1) is 0 Å². The van der Waals surface area contributed by atoms with Crippen LogP contribution in [0.1, 0.15) is 70.5 Å². The van der Waals surface area contributed by atoms with Gasteiger partial charge in [-0.1, -0.05) is 26.0 Å². The Morgan fingerprint density at radius 2 is 1.11 bits per heavy atom. The van der Waals surface area contributed by atoms with Crippen LogP contribution in [0.3, 0.4) is 0 Å². The van der Waals surface area contributed by atoms with E-state index in [0.29, 0.717) is 49.7 Å². The second-order valence-corrected chi connectivity index (χ2v) is 9.24. The number of rotatable bonds is 6. The highest BCUT2D eigenvalue weighted by Gasteiger charge is 2.53. The Balaban J connectivity index is 1.47. The van der Waals surface area contributed by atoms with E-state index >= 15 is 0 Å². The van der Waals surface area contributed by atoms with Crippen molar-refractivity contribution < 1.29 is 35.3 Å². The molecule has 10 heteroatoms. The fourth-order valence-corrected chi connectivity index (χ4v) is 4.88. The van der Waals surface area contributed by atoms with Crippen molar-refractivity contribution in [2.45, 2.75) is 52.4 Å². The summed E-state index contributed by atoms with van der Waals surface area (Å²) in [6, 6.07) is 11.0. The number of halogens is 4. The van der Waals surface area contributed by atoms with E-state index in [-0.39, 0.29) is 23.1 Å². The lowest BCUT2D eigenvalue weighted by Crippen LogP contribution is -2.31. The maximum absolute atomic E-state index is 14.0. The van der Waals surface area contributed by atoms with Gasteiger partial charge in [-0.2, -0.15) is 0 Å². The van der Waals surface area contributed by atoms with Gasteiger partial charge < -0.3 is 35.3 Å². The Bertz CT molecular complexity index is 1230. The summed E-state index contributed by atoms with van der Waals surface area (Å²) >= 11 is 0. The fourth-order valence-electron chi connectivity index (χ4n) is 4.88. The summed E-state index contributed by atoms with van der Waals surface area (Å²) in [5.74, 6) is 0.638. The first-order valence-corrected chi connectivity index (χ1v) is 12.3. The van der Waals surface area contributed by atoms with Gasteiger partial charge >= 0.3 is 14.2 Å². The smallest absolute Gasteiger partial charge is 0.572 e.